The number of aryl methyl sites for hydroxylation is 1. The smallest absolute Gasteiger partial charge is 0.314 e. The maximum atomic E-state index is 12.4. The Hall–Kier alpha value is -2.41. The fourth-order valence-electron chi connectivity index (χ4n) is 2.86. The van der Waals surface area contributed by atoms with E-state index in [-0.39, 0.29) is 11.8 Å². The van der Waals surface area contributed by atoms with E-state index >= 15 is 0 Å². The van der Waals surface area contributed by atoms with Gasteiger partial charge in [0, 0.05) is 29.7 Å². The van der Waals surface area contributed by atoms with Crippen LogP contribution in [0.25, 0.3) is 11.3 Å². The Morgan fingerprint density at radius 2 is 2.08 bits per heavy atom. The first kappa shape index (κ1) is 16.4. The molecule has 3 rings (SSSR count). The molecule has 1 aromatic heterocycles. The van der Waals surface area contributed by atoms with Gasteiger partial charge in [-0.25, -0.2) is 9.78 Å². The van der Waals surface area contributed by atoms with E-state index in [0.29, 0.717) is 13.1 Å². The molecular weight excluding hydrogens is 324 g/mol. The van der Waals surface area contributed by atoms with Crippen molar-refractivity contribution in [2.75, 3.05) is 18.4 Å². The van der Waals surface area contributed by atoms with E-state index in [1.165, 1.54) is 4.90 Å². The number of likely N-dealkylation sites (tertiary alicyclic amines) is 1. The van der Waals surface area contributed by atoms with Crippen LogP contribution in [0.5, 0.6) is 0 Å². The number of hydrogen-bond donors (Lipinski definition) is 2. The maximum Gasteiger partial charge on any atom is 0.314 e. The van der Waals surface area contributed by atoms with E-state index in [2.05, 4.69) is 10.3 Å². The van der Waals surface area contributed by atoms with Crippen LogP contribution in [0.1, 0.15) is 17.8 Å². The lowest BCUT2D eigenvalue weighted by molar-refractivity contribution is -0.121. The third-order valence-corrected chi connectivity index (χ3v) is 4.94. The number of nitrogens with one attached hydrogen (secondary N) is 1. The lowest BCUT2D eigenvalue weighted by Gasteiger charge is -2.30. The number of nitrogens with zero attached hydrogens (tertiary/aromatic N) is 2. The van der Waals surface area contributed by atoms with Crippen LogP contribution in [-0.2, 0) is 4.79 Å². The quantitative estimate of drug-likeness (QED) is 0.897. The molecule has 7 heteroatoms. The summed E-state index contributed by atoms with van der Waals surface area (Å²) in [7, 11) is 0. The van der Waals surface area contributed by atoms with Crippen molar-refractivity contribution in [2.24, 2.45) is 11.7 Å². The molecule has 0 aliphatic carbocycles. The van der Waals surface area contributed by atoms with Crippen molar-refractivity contribution in [3.8, 4) is 11.3 Å². The van der Waals surface area contributed by atoms with Gasteiger partial charge in [-0.1, -0.05) is 12.1 Å². The molecule has 24 heavy (non-hydrogen) atoms. The maximum absolute atomic E-state index is 12.4. The molecule has 2 heterocycles. The van der Waals surface area contributed by atoms with Gasteiger partial charge < -0.3 is 16.0 Å². The van der Waals surface area contributed by atoms with Gasteiger partial charge in [-0.3, -0.25) is 4.79 Å². The number of aromatic nitrogens is 1. The van der Waals surface area contributed by atoms with Crippen molar-refractivity contribution in [3.05, 3.63) is 34.7 Å². The van der Waals surface area contributed by atoms with Crippen LogP contribution in [-0.4, -0.2) is 34.9 Å². The third-order valence-electron chi connectivity index (χ3n) is 4.17. The summed E-state index contributed by atoms with van der Waals surface area (Å²) in [6.45, 7) is 2.99. The molecule has 0 unspecified atom stereocenters. The molecule has 126 valence electrons. The van der Waals surface area contributed by atoms with Gasteiger partial charge in [0.25, 0.3) is 0 Å². The molecule has 1 atom stereocenters. The SMILES string of the molecule is Cc1nc(-c2ccc(NC(=O)[C@@H]3CCCN(C(N)=O)C3)cc2)cs1. The van der Waals surface area contributed by atoms with Crippen molar-refractivity contribution in [1.82, 2.24) is 9.88 Å². The number of rotatable bonds is 3. The summed E-state index contributed by atoms with van der Waals surface area (Å²) in [5, 5.41) is 5.96. The summed E-state index contributed by atoms with van der Waals surface area (Å²) in [4.78, 5) is 29.6. The highest BCUT2D eigenvalue weighted by molar-refractivity contribution is 7.09. The van der Waals surface area contributed by atoms with E-state index in [1.54, 1.807) is 11.3 Å². The molecule has 0 saturated carbocycles. The number of nitrogens with two attached hydrogens (primary N) is 1. The molecule has 3 N–H and O–H groups in total. The Morgan fingerprint density at radius 3 is 2.71 bits per heavy atom. The summed E-state index contributed by atoms with van der Waals surface area (Å²) >= 11 is 1.61. The number of urea groups is 1. The number of thiazole rings is 1. The van der Waals surface area contributed by atoms with Crippen LogP contribution >= 0.6 is 11.3 Å². The van der Waals surface area contributed by atoms with Gasteiger partial charge >= 0.3 is 6.03 Å². The van der Waals surface area contributed by atoms with Crippen molar-refractivity contribution >= 4 is 29.0 Å². The summed E-state index contributed by atoms with van der Waals surface area (Å²) in [5.74, 6) is -0.287. The number of anilines is 1. The average Bonchev–Trinajstić information content (AvgIpc) is 3.02. The average molecular weight is 344 g/mol. The van der Waals surface area contributed by atoms with E-state index < -0.39 is 6.03 Å². The second-order valence-electron chi connectivity index (χ2n) is 5.94. The lowest BCUT2D eigenvalue weighted by atomic mass is 9.97. The highest BCUT2D eigenvalue weighted by Gasteiger charge is 2.27. The minimum Gasteiger partial charge on any atom is -0.351 e. The highest BCUT2D eigenvalue weighted by Crippen LogP contribution is 2.24. The highest BCUT2D eigenvalue weighted by atomic mass is 32.1. The molecular formula is C17H20N4O2S. The van der Waals surface area contributed by atoms with Crippen LogP contribution in [0.2, 0.25) is 0 Å². The van der Waals surface area contributed by atoms with Crippen LogP contribution in [0.3, 0.4) is 0 Å². The summed E-state index contributed by atoms with van der Waals surface area (Å²) in [5.41, 5.74) is 8.02. The summed E-state index contributed by atoms with van der Waals surface area (Å²) in [6, 6.07) is 7.17. The van der Waals surface area contributed by atoms with Crippen molar-refractivity contribution in [2.45, 2.75) is 19.8 Å². The standard InChI is InChI=1S/C17H20N4O2S/c1-11-19-15(10-24-11)12-4-6-14(7-5-12)20-16(22)13-3-2-8-21(9-13)17(18)23/h4-7,10,13H,2-3,8-9H2,1H3,(H2,18,23)(H,20,22)/t13-/m1/s1. The van der Waals surface area contributed by atoms with Gasteiger partial charge in [0.05, 0.1) is 16.6 Å². The summed E-state index contributed by atoms with van der Waals surface area (Å²) < 4.78 is 0. The number of primary amides is 1. The van der Waals surface area contributed by atoms with E-state index in [1.807, 2.05) is 36.6 Å². The van der Waals surface area contributed by atoms with Crippen molar-refractivity contribution in [1.29, 1.82) is 0 Å². The number of benzene rings is 1. The predicted molar refractivity (Wildman–Crippen MR) is 94.8 cm³/mol. The van der Waals surface area contributed by atoms with Crippen molar-refractivity contribution < 1.29 is 9.59 Å². The van der Waals surface area contributed by atoms with Crippen LogP contribution in [0, 0.1) is 12.8 Å². The molecule has 1 aliphatic heterocycles. The fraction of sp³-hybridized carbons (Fsp3) is 0.353. The topological polar surface area (TPSA) is 88.3 Å². The van der Waals surface area contributed by atoms with E-state index in [4.69, 9.17) is 5.73 Å². The number of piperidine rings is 1. The Morgan fingerprint density at radius 1 is 1.33 bits per heavy atom. The van der Waals surface area contributed by atoms with E-state index in [0.717, 1.165) is 34.8 Å². The molecule has 3 amide bonds. The van der Waals surface area contributed by atoms with Crippen LogP contribution < -0.4 is 11.1 Å². The van der Waals surface area contributed by atoms with Crippen LogP contribution in [0.4, 0.5) is 10.5 Å². The Labute approximate surface area is 144 Å². The second-order valence-corrected chi connectivity index (χ2v) is 7.00. The van der Waals surface area contributed by atoms with Gasteiger partial charge in [-0.15, -0.1) is 11.3 Å². The van der Waals surface area contributed by atoms with Gasteiger partial charge in [0.2, 0.25) is 5.91 Å². The fourth-order valence-corrected chi connectivity index (χ4v) is 3.48. The zero-order chi connectivity index (χ0) is 17.1. The van der Waals surface area contributed by atoms with Gasteiger partial charge in [0.15, 0.2) is 0 Å². The molecule has 0 spiro atoms. The largest absolute Gasteiger partial charge is 0.351 e. The minimum absolute atomic E-state index is 0.0711. The first-order valence-electron chi connectivity index (χ1n) is 7.91. The molecule has 0 bridgehead atoms. The van der Waals surface area contributed by atoms with Crippen LogP contribution in [0.15, 0.2) is 29.6 Å². The molecule has 1 aromatic carbocycles. The molecule has 6 nitrogen and oxygen atoms in total. The van der Waals surface area contributed by atoms with Crippen molar-refractivity contribution in [3.63, 3.8) is 0 Å². The molecule has 1 saturated heterocycles. The van der Waals surface area contributed by atoms with E-state index in [9.17, 15) is 9.59 Å². The zero-order valence-corrected chi connectivity index (χ0v) is 14.3. The number of amides is 3. The second kappa shape index (κ2) is 7.00. The molecule has 0 radical (unpaired) electrons. The lowest BCUT2D eigenvalue weighted by Crippen LogP contribution is -2.46. The number of carbonyl (C=O) groups excluding carboxylic acids is 2. The van der Waals surface area contributed by atoms with Gasteiger partial charge in [0.1, 0.15) is 0 Å². The molecule has 1 fully saturated rings. The first-order chi connectivity index (χ1) is 11.5. The number of carbonyl (C=O) groups is 2. The Bertz CT molecular complexity index is 741. The minimum atomic E-state index is -0.463. The predicted octanol–water partition coefficient (Wildman–Crippen LogP) is 2.85. The molecule has 1 aliphatic rings. The van der Waals surface area contributed by atoms with Gasteiger partial charge in [-0.05, 0) is 31.9 Å². The van der Waals surface area contributed by atoms with Gasteiger partial charge in [-0.2, -0.15) is 0 Å². The normalized spacial score (nSPS) is 17.5. The number of hydrogen-bond acceptors (Lipinski definition) is 4. The summed E-state index contributed by atoms with van der Waals surface area (Å²) in [6.07, 6.45) is 1.56. The Kier molecular flexibility index (Phi) is 4.80. The first-order valence-corrected chi connectivity index (χ1v) is 8.78. The monoisotopic (exact) mass is 344 g/mol. The molecule has 2 aromatic rings. The zero-order valence-electron chi connectivity index (χ0n) is 13.5. The third kappa shape index (κ3) is 3.73. The Balaban J connectivity index is 1.63.